The molecule has 0 bridgehead atoms. The topological polar surface area (TPSA) is 333 Å². The van der Waals surface area contributed by atoms with Crippen LogP contribution >= 0.6 is 55.8 Å². The van der Waals surface area contributed by atoms with Crippen molar-refractivity contribution in [3.63, 3.8) is 0 Å². The van der Waals surface area contributed by atoms with Crippen molar-refractivity contribution in [2.75, 3.05) is 33.0 Å². The van der Waals surface area contributed by atoms with Gasteiger partial charge in [0.15, 0.2) is 0 Å². The van der Waals surface area contributed by atoms with Crippen LogP contribution in [0.4, 0.5) is 0 Å². The molecule has 0 saturated carbocycles. The number of rotatable bonds is 9. The average molecular weight is 1380 g/mol. The predicted molar refractivity (Wildman–Crippen MR) is 320 cm³/mol. The first-order valence-corrected chi connectivity index (χ1v) is 26.5. The summed E-state index contributed by atoms with van der Waals surface area (Å²) >= 11 is 6.99. The molecule has 3 aliphatic heterocycles. The molecule has 0 aliphatic carbocycles. The summed E-state index contributed by atoms with van der Waals surface area (Å²) in [4.78, 5) is 24.5. The number of aliphatic hydroxyl groups is 12. The third kappa shape index (κ3) is 15.5. The molecule has 5 heterocycles. The first-order valence-electron chi connectivity index (χ1n) is 24.9. The van der Waals surface area contributed by atoms with Crippen LogP contribution in [0.25, 0.3) is 43.6 Å². The van der Waals surface area contributed by atoms with Crippen LogP contribution in [0.3, 0.4) is 0 Å². The monoisotopic (exact) mass is 1380 g/mol. The molecule has 9 rings (SSSR count). The van der Waals surface area contributed by atoms with E-state index in [1.54, 1.807) is 35.8 Å². The van der Waals surface area contributed by atoms with Crippen molar-refractivity contribution < 1.29 is 94.6 Å². The van der Waals surface area contributed by atoms with Crippen molar-refractivity contribution in [3.05, 3.63) is 92.9 Å². The summed E-state index contributed by atoms with van der Waals surface area (Å²) in [6.45, 7) is 2.56. The SMILES string of the molecule is C.C.C#C[C@H]1O[C@H](CO)[C@@H](O)[C@H](O)[C@@H]1O.CCOC(=O)Cn1c2cc(Br)ccc2c2ccc(Br)cc21.CCOC(=O)Cn1c2cc(C#C[C@H]3O[C@H](CO)[C@@H](O)[C@H](O)[C@@H]3O)ccc2c2ccc(C#C[C@H]3O[C@H](CO)[C@@H](O)[C@H](O)[C@@H]3O)cc21.I. The highest BCUT2D eigenvalue weighted by Crippen LogP contribution is 2.34. The van der Waals surface area contributed by atoms with Crippen LogP contribution in [0, 0.1) is 36.0 Å². The second-order valence-corrected chi connectivity index (χ2v) is 20.4. The average Bonchev–Trinajstić information content (AvgIpc) is 4.09. The molecule has 446 valence electrons. The number of carbonyl (C=O) groups is 2. The number of terminal acetylenes is 1. The minimum atomic E-state index is -1.55. The number of fused-ring (bicyclic) bond motifs is 6. The van der Waals surface area contributed by atoms with Gasteiger partial charge in [0, 0.05) is 41.6 Å². The third-order valence-electron chi connectivity index (χ3n) is 13.4. The van der Waals surface area contributed by atoms with Gasteiger partial charge in [-0.25, -0.2) is 0 Å². The molecule has 15 atom stereocenters. The fraction of sp³-hybridized carbons (Fsp3) is 0.448. The highest BCUT2D eigenvalue weighted by atomic mass is 127. The number of hydrogen-bond donors (Lipinski definition) is 12. The number of aliphatic hydroxyl groups excluding tert-OH is 12. The minimum absolute atomic E-state index is 0. The zero-order valence-corrected chi connectivity index (χ0v) is 48.4. The van der Waals surface area contributed by atoms with Gasteiger partial charge in [-0.3, -0.25) is 9.59 Å². The fourth-order valence-corrected chi connectivity index (χ4v) is 9.99. The minimum Gasteiger partial charge on any atom is -0.465 e. The molecule has 3 saturated heterocycles. The van der Waals surface area contributed by atoms with E-state index < -0.39 is 117 Å². The van der Waals surface area contributed by atoms with Gasteiger partial charge < -0.3 is 94.1 Å². The van der Waals surface area contributed by atoms with E-state index in [-0.39, 0.29) is 64.5 Å². The van der Waals surface area contributed by atoms with E-state index in [2.05, 4.69) is 73.6 Å². The molecule has 24 heteroatoms. The molecule has 3 aliphatic rings. The molecular weight excluding hydrogens is 1320 g/mol. The Morgan fingerprint density at radius 2 is 0.805 bits per heavy atom. The van der Waals surface area contributed by atoms with Crippen molar-refractivity contribution in [1.82, 2.24) is 9.13 Å². The van der Waals surface area contributed by atoms with E-state index in [9.17, 15) is 65.8 Å². The molecule has 3 fully saturated rings. The Morgan fingerprint density at radius 1 is 0.500 bits per heavy atom. The quantitative estimate of drug-likeness (QED) is 0.0559. The Labute approximate surface area is 507 Å². The number of benzene rings is 4. The maximum atomic E-state index is 12.6. The number of ether oxygens (including phenoxy) is 5. The van der Waals surface area contributed by atoms with Crippen molar-refractivity contribution in [2.24, 2.45) is 0 Å². The summed E-state index contributed by atoms with van der Waals surface area (Å²) in [5, 5.41) is 120. The number of nitrogens with zero attached hydrogens (tertiary/aromatic N) is 2. The molecule has 0 radical (unpaired) electrons. The van der Waals surface area contributed by atoms with Crippen LogP contribution in [-0.4, -0.2) is 207 Å². The van der Waals surface area contributed by atoms with Crippen LogP contribution in [0.1, 0.15) is 39.8 Å². The van der Waals surface area contributed by atoms with Crippen molar-refractivity contribution in [1.29, 1.82) is 0 Å². The van der Waals surface area contributed by atoms with Crippen LogP contribution in [0.5, 0.6) is 0 Å². The lowest BCUT2D eigenvalue weighted by Crippen LogP contribution is -2.58. The van der Waals surface area contributed by atoms with Gasteiger partial charge >= 0.3 is 11.9 Å². The highest BCUT2D eigenvalue weighted by Gasteiger charge is 2.45. The molecule has 0 unspecified atom stereocenters. The van der Waals surface area contributed by atoms with Crippen LogP contribution in [-0.2, 0) is 46.4 Å². The summed E-state index contributed by atoms with van der Waals surface area (Å²) in [5.41, 5.74) is 4.30. The van der Waals surface area contributed by atoms with Crippen LogP contribution in [0.15, 0.2) is 81.7 Å². The van der Waals surface area contributed by atoms with Crippen molar-refractivity contribution in [2.45, 2.75) is 133 Å². The lowest BCUT2D eigenvalue weighted by Gasteiger charge is -2.37. The van der Waals surface area contributed by atoms with Crippen molar-refractivity contribution in [3.8, 4) is 36.0 Å². The molecular formula is C58H69Br2IN2O19. The Morgan fingerprint density at radius 3 is 1.12 bits per heavy atom. The third-order valence-corrected chi connectivity index (χ3v) is 14.4. The smallest absolute Gasteiger partial charge is 0.325 e. The van der Waals surface area contributed by atoms with E-state index in [0.29, 0.717) is 28.8 Å². The van der Waals surface area contributed by atoms with E-state index in [0.717, 1.165) is 41.5 Å². The van der Waals surface area contributed by atoms with Crippen molar-refractivity contribution >= 4 is 111 Å². The van der Waals surface area contributed by atoms with Gasteiger partial charge in [-0.15, -0.1) is 30.4 Å². The Hall–Kier alpha value is -4.81. The summed E-state index contributed by atoms with van der Waals surface area (Å²) in [6, 6.07) is 22.8. The molecule has 4 aromatic carbocycles. The number of halogens is 3. The summed E-state index contributed by atoms with van der Waals surface area (Å²) in [5.74, 6) is 12.7. The maximum absolute atomic E-state index is 12.6. The highest BCUT2D eigenvalue weighted by molar-refractivity contribution is 14.0. The zero-order valence-electron chi connectivity index (χ0n) is 42.9. The van der Waals surface area contributed by atoms with Gasteiger partial charge in [-0.05, 0) is 62.4 Å². The van der Waals surface area contributed by atoms with Crippen LogP contribution < -0.4 is 0 Å². The Bertz CT molecular complexity index is 3130. The first kappa shape index (κ1) is 69.7. The lowest BCUT2D eigenvalue weighted by atomic mass is 9.95. The molecule has 6 aromatic rings. The molecule has 2 aromatic heterocycles. The first-order chi connectivity index (χ1) is 37.8. The standard InChI is InChI=1S/C32H35NO12.C16H13Br2NO2.C8H12O5.2CH4.HI/c1-2-43-26(36)13-33-20-11-16(5-9-22-27(37)31(41)29(39)24(14-34)44-22)3-7-18(20)19-8-4-17(12-21(19)33)6-10-23-28(38)32(42)30(40)25(15-35)45-23;1-2-21-16(20)9-19-14-7-10(17)3-5-12(14)13-6-4-11(18)8-15(13)19;1-2-4-6(10)8(12)7(11)5(3-9)13-4;;;/h3-4,7-8,11-12,22-25,27-32,34-35,37-42H,2,13-15H2,1H3;3-8H,2,9H2,1H3;1,4-12H,3H2;2*1H4;1H/t22-,23-,24-,25-,27-,28-,29-,30-,31-,32-;;4-,5-,6-,7-,8-;;;/m1.1.../s1. The summed E-state index contributed by atoms with van der Waals surface area (Å²) in [7, 11) is 0. The van der Waals surface area contributed by atoms with Gasteiger partial charge in [0.2, 0.25) is 0 Å². The van der Waals surface area contributed by atoms with E-state index in [1.807, 2.05) is 47.9 Å². The predicted octanol–water partition coefficient (Wildman–Crippen LogP) is 1.98. The van der Waals surface area contributed by atoms with Gasteiger partial charge in [0.25, 0.3) is 0 Å². The van der Waals surface area contributed by atoms with E-state index in [4.69, 9.17) is 35.2 Å². The molecule has 0 amide bonds. The second kappa shape index (κ2) is 31.4. The number of carbonyl (C=O) groups excluding carboxylic acids is 2. The fourth-order valence-electron chi connectivity index (χ4n) is 9.29. The largest absolute Gasteiger partial charge is 0.465 e. The Balaban J connectivity index is 0.000000321. The van der Waals surface area contributed by atoms with E-state index >= 15 is 0 Å². The van der Waals surface area contributed by atoms with Gasteiger partial charge in [-0.1, -0.05) is 101 Å². The number of aromatic nitrogens is 2. The van der Waals surface area contributed by atoms with Gasteiger partial charge in [0.05, 0.1) is 55.1 Å². The normalized spacial score (nSPS) is 27.4. The lowest BCUT2D eigenvalue weighted by molar-refractivity contribution is -0.214. The summed E-state index contributed by atoms with van der Waals surface area (Å²) < 4.78 is 31.9. The Kier molecular flexibility index (Phi) is 26.7. The molecule has 12 N–H and O–H groups in total. The van der Waals surface area contributed by atoms with Gasteiger partial charge in [-0.2, -0.15) is 0 Å². The number of hydrogen-bond acceptors (Lipinski definition) is 19. The summed E-state index contributed by atoms with van der Waals surface area (Å²) in [6.07, 6.45) is -14.6. The van der Waals surface area contributed by atoms with E-state index in [1.165, 1.54) is 0 Å². The molecule has 21 nitrogen and oxygen atoms in total. The maximum Gasteiger partial charge on any atom is 0.325 e. The molecule has 0 spiro atoms. The van der Waals surface area contributed by atoms with Gasteiger partial charge in [0.1, 0.15) is 105 Å². The van der Waals surface area contributed by atoms with Crippen LogP contribution in [0.2, 0.25) is 0 Å². The molecule has 82 heavy (non-hydrogen) atoms. The second-order valence-electron chi connectivity index (χ2n) is 18.5. The number of esters is 2. The zero-order chi connectivity index (χ0) is 57.4.